The highest BCUT2D eigenvalue weighted by atomic mass is 32.2. The molecular weight excluding hydrogens is 435 g/mol. The van der Waals surface area contributed by atoms with Gasteiger partial charge in [-0.25, -0.2) is 12.8 Å². The first kappa shape index (κ1) is 23.3. The van der Waals surface area contributed by atoms with Crippen molar-refractivity contribution in [3.63, 3.8) is 0 Å². The van der Waals surface area contributed by atoms with Crippen LogP contribution in [-0.4, -0.2) is 89.5 Å². The molecule has 1 aromatic rings. The van der Waals surface area contributed by atoms with E-state index in [-0.39, 0.29) is 17.4 Å². The third kappa shape index (κ3) is 4.08. The lowest BCUT2D eigenvalue weighted by Crippen LogP contribution is -2.43. The van der Waals surface area contributed by atoms with Gasteiger partial charge in [-0.05, 0) is 24.3 Å². The number of amides is 1. The number of carbonyl (C=O) groups is 1. The molecule has 1 amide bonds. The molecule has 8 nitrogen and oxygen atoms in total. The van der Waals surface area contributed by atoms with Crippen molar-refractivity contribution in [1.82, 2.24) is 4.90 Å². The van der Waals surface area contributed by atoms with Crippen LogP contribution < -0.4 is 15.5 Å². The molecule has 10 heteroatoms. The van der Waals surface area contributed by atoms with Gasteiger partial charge in [0, 0.05) is 68.0 Å². The Bertz CT molecular complexity index is 933. The number of carbonyl (C=O) groups excluding carboxylic acids is 1. The second-order valence-electron chi connectivity index (χ2n) is 9.76. The number of anilines is 2. The van der Waals surface area contributed by atoms with Crippen LogP contribution in [0.15, 0.2) is 24.3 Å². The van der Waals surface area contributed by atoms with Crippen LogP contribution in [0.2, 0.25) is 0 Å². The van der Waals surface area contributed by atoms with Crippen molar-refractivity contribution in [2.75, 3.05) is 74.6 Å². The average Bonchev–Trinajstić information content (AvgIpc) is 3.17. The summed E-state index contributed by atoms with van der Waals surface area (Å²) in [5.74, 6) is -1.49. The van der Waals surface area contributed by atoms with Crippen LogP contribution in [0.25, 0.3) is 0 Å². The van der Waals surface area contributed by atoms with Crippen LogP contribution in [0.5, 0.6) is 0 Å². The molecule has 3 saturated heterocycles. The summed E-state index contributed by atoms with van der Waals surface area (Å²) in [5, 5.41) is 0. The van der Waals surface area contributed by atoms with Gasteiger partial charge in [-0.3, -0.25) is 4.79 Å². The Hall–Kier alpha value is -1.91. The first-order valence-electron chi connectivity index (χ1n) is 11.1. The maximum absolute atomic E-state index is 14.5. The summed E-state index contributed by atoms with van der Waals surface area (Å²) in [6.45, 7) is 9.37. The monoisotopic (exact) mass is 468 g/mol. The average molecular weight is 469 g/mol. The summed E-state index contributed by atoms with van der Waals surface area (Å²) in [7, 11) is -4.18. The molecular formula is C22H33FN4O4S. The SMILES string of the molecule is C[C@@]12CN(C(=O)C(F)S(=O)(=O)CCN)C[C@]1(C)CN(c1ccc(N3CCOCC3)cc1)C2. The maximum Gasteiger partial charge on any atom is 0.278 e. The Morgan fingerprint density at radius 1 is 1.03 bits per heavy atom. The van der Waals surface area contributed by atoms with Crippen molar-refractivity contribution in [3.05, 3.63) is 24.3 Å². The number of halogens is 1. The van der Waals surface area contributed by atoms with Crippen molar-refractivity contribution in [3.8, 4) is 0 Å². The predicted molar refractivity (Wildman–Crippen MR) is 122 cm³/mol. The molecule has 1 unspecified atom stereocenters. The van der Waals surface area contributed by atoms with Crippen molar-refractivity contribution in [2.45, 2.75) is 19.4 Å². The van der Waals surface area contributed by atoms with Gasteiger partial charge in [0.15, 0.2) is 9.84 Å². The minimum Gasteiger partial charge on any atom is -0.378 e. The van der Waals surface area contributed by atoms with Crippen molar-refractivity contribution < 1.29 is 22.3 Å². The quantitative estimate of drug-likeness (QED) is 0.662. The lowest BCUT2D eigenvalue weighted by atomic mass is 9.71. The highest BCUT2D eigenvalue weighted by Crippen LogP contribution is 2.52. The molecule has 0 aromatic heterocycles. The number of alkyl halides is 1. The fourth-order valence-corrected chi connectivity index (χ4v) is 6.25. The minimum absolute atomic E-state index is 0.204. The molecule has 3 fully saturated rings. The zero-order valence-electron chi connectivity index (χ0n) is 18.8. The molecule has 3 aliphatic rings. The normalized spacial score (nSPS) is 29.3. The highest BCUT2D eigenvalue weighted by molar-refractivity contribution is 7.92. The molecule has 0 aliphatic carbocycles. The minimum atomic E-state index is -4.18. The molecule has 4 rings (SSSR count). The van der Waals surface area contributed by atoms with Gasteiger partial charge in [0.1, 0.15) is 0 Å². The van der Waals surface area contributed by atoms with E-state index in [0.717, 1.165) is 45.1 Å². The summed E-state index contributed by atoms with van der Waals surface area (Å²) >= 11 is 0. The molecule has 0 saturated carbocycles. The third-order valence-electron chi connectivity index (χ3n) is 7.43. The van der Waals surface area contributed by atoms with Gasteiger partial charge in [0.2, 0.25) is 0 Å². The van der Waals surface area contributed by atoms with E-state index < -0.39 is 27.0 Å². The molecule has 0 bridgehead atoms. The Kier molecular flexibility index (Phi) is 6.15. The Balaban J connectivity index is 1.44. The second kappa shape index (κ2) is 8.46. The second-order valence-corrected chi connectivity index (χ2v) is 11.9. The number of nitrogens with zero attached hydrogens (tertiary/aromatic N) is 3. The molecule has 32 heavy (non-hydrogen) atoms. The van der Waals surface area contributed by atoms with Gasteiger partial charge in [-0.15, -0.1) is 0 Å². The van der Waals surface area contributed by atoms with Crippen molar-refractivity contribution in [1.29, 1.82) is 0 Å². The number of rotatable bonds is 6. The van der Waals surface area contributed by atoms with Crippen LogP contribution >= 0.6 is 0 Å². The van der Waals surface area contributed by atoms with Gasteiger partial charge >= 0.3 is 0 Å². The first-order chi connectivity index (χ1) is 15.1. The molecule has 178 valence electrons. The standard InChI is InChI=1S/C22H33FN4O4S/c1-21-13-26(18-5-3-17(4-6-18)25-8-10-31-11-9-25)14-22(21,2)16-27(15-21)20(28)19(23)32(29,30)12-7-24/h3-6,19H,7-16,24H2,1-2H3/t19?,21-,22+. The largest absolute Gasteiger partial charge is 0.378 e. The Morgan fingerprint density at radius 2 is 1.53 bits per heavy atom. The Morgan fingerprint density at radius 3 is 2.03 bits per heavy atom. The van der Waals surface area contributed by atoms with Crippen LogP contribution in [0.3, 0.4) is 0 Å². The summed E-state index contributed by atoms with van der Waals surface area (Å²) < 4.78 is 43.9. The van der Waals surface area contributed by atoms with E-state index >= 15 is 0 Å². The van der Waals surface area contributed by atoms with E-state index in [1.165, 1.54) is 10.6 Å². The van der Waals surface area contributed by atoms with E-state index in [2.05, 4.69) is 47.9 Å². The number of hydrogen-bond acceptors (Lipinski definition) is 7. The van der Waals surface area contributed by atoms with E-state index in [9.17, 15) is 17.6 Å². The zero-order valence-corrected chi connectivity index (χ0v) is 19.6. The van der Waals surface area contributed by atoms with Gasteiger partial charge < -0.3 is 25.2 Å². The van der Waals surface area contributed by atoms with Crippen LogP contribution in [0.4, 0.5) is 15.8 Å². The number of morpholine rings is 1. The van der Waals surface area contributed by atoms with Gasteiger partial charge in [-0.2, -0.15) is 0 Å². The van der Waals surface area contributed by atoms with E-state index in [1.54, 1.807) is 0 Å². The molecule has 3 atom stereocenters. The van der Waals surface area contributed by atoms with Crippen molar-refractivity contribution >= 4 is 27.1 Å². The van der Waals surface area contributed by atoms with E-state index in [0.29, 0.717) is 13.1 Å². The lowest BCUT2D eigenvalue weighted by Gasteiger charge is -2.30. The van der Waals surface area contributed by atoms with Crippen LogP contribution in [-0.2, 0) is 19.4 Å². The molecule has 0 radical (unpaired) electrons. The number of benzene rings is 1. The topological polar surface area (TPSA) is 96.2 Å². The predicted octanol–water partition coefficient (Wildman–Crippen LogP) is 0.867. The smallest absolute Gasteiger partial charge is 0.278 e. The van der Waals surface area contributed by atoms with Gasteiger partial charge in [-0.1, -0.05) is 13.8 Å². The van der Waals surface area contributed by atoms with E-state index in [1.807, 2.05) is 0 Å². The summed E-state index contributed by atoms with van der Waals surface area (Å²) in [4.78, 5) is 18.6. The van der Waals surface area contributed by atoms with Crippen molar-refractivity contribution in [2.24, 2.45) is 16.6 Å². The number of nitrogens with two attached hydrogens (primary N) is 1. The van der Waals surface area contributed by atoms with Gasteiger partial charge in [0.25, 0.3) is 11.4 Å². The zero-order chi connectivity index (χ0) is 23.1. The number of likely N-dealkylation sites (tertiary alicyclic amines) is 1. The highest BCUT2D eigenvalue weighted by Gasteiger charge is 2.59. The lowest BCUT2D eigenvalue weighted by molar-refractivity contribution is -0.133. The molecule has 1 aromatic carbocycles. The number of ether oxygens (including phenoxy) is 1. The van der Waals surface area contributed by atoms with Gasteiger partial charge in [0.05, 0.1) is 19.0 Å². The number of hydrogen-bond donors (Lipinski definition) is 1. The fraction of sp³-hybridized carbons (Fsp3) is 0.682. The number of fused-ring (bicyclic) bond motifs is 1. The maximum atomic E-state index is 14.5. The molecule has 0 spiro atoms. The third-order valence-corrected chi connectivity index (χ3v) is 9.07. The van der Waals surface area contributed by atoms with E-state index in [4.69, 9.17) is 10.5 Å². The summed E-state index contributed by atoms with van der Waals surface area (Å²) in [6, 6.07) is 8.51. The fourth-order valence-electron chi connectivity index (χ4n) is 5.26. The molecule has 3 aliphatic heterocycles. The molecule has 2 N–H and O–H groups in total. The first-order valence-corrected chi connectivity index (χ1v) is 12.8. The number of sulfone groups is 1. The summed E-state index contributed by atoms with van der Waals surface area (Å²) in [5.41, 5.74) is 4.49. The Labute approximate surface area is 189 Å². The molecule has 3 heterocycles. The van der Waals surface area contributed by atoms with Crippen LogP contribution in [0.1, 0.15) is 13.8 Å². The summed E-state index contributed by atoms with van der Waals surface area (Å²) in [6.07, 6.45) is 0. The van der Waals surface area contributed by atoms with Crippen LogP contribution in [0, 0.1) is 10.8 Å².